The lowest BCUT2D eigenvalue weighted by Crippen LogP contribution is -2.49. The summed E-state index contributed by atoms with van der Waals surface area (Å²) in [6.45, 7) is 36.9. The van der Waals surface area contributed by atoms with Crippen LogP contribution in [0.15, 0.2) is 47.1 Å². The number of aliphatic hydroxyl groups is 1. The maximum Gasteiger partial charge on any atom is 0.192 e. The van der Waals surface area contributed by atoms with Gasteiger partial charge in [0, 0.05) is 11.7 Å². The molecule has 44 heavy (non-hydrogen) atoms. The van der Waals surface area contributed by atoms with E-state index in [1.54, 1.807) is 11.1 Å². The fourth-order valence-corrected chi connectivity index (χ4v) is 11.0. The van der Waals surface area contributed by atoms with Crippen LogP contribution >= 0.6 is 11.8 Å². The highest BCUT2D eigenvalue weighted by Crippen LogP contribution is 2.57. The summed E-state index contributed by atoms with van der Waals surface area (Å²) in [7, 11) is -3.91. The summed E-state index contributed by atoms with van der Waals surface area (Å²) in [6, 6.07) is 0. The third-order valence-electron chi connectivity index (χ3n) is 11.9. The fourth-order valence-electron chi connectivity index (χ4n) is 6.82. The lowest BCUT2D eigenvalue weighted by Gasteiger charge is -2.45. The fraction of sp³-hybridized carbons (Fsp3) is 0.789. The number of hydrogen-bond donors (Lipinski definition) is 1. The molecule has 2 fully saturated rings. The normalized spacial score (nSPS) is 30.1. The van der Waals surface area contributed by atoms with Gasteiger partial charge in [0.25, 0.3) is 0 Å². The van der Waals surface area contributed by atoms with Gasteiger partial charge in [-0.3, -0.25) is 0 Å². The average molecular weight is 661 g/mol. The summed E-state index contributed by atoms with van der Waals surface area (Å²) in [5.41, 5.74) is 5.37. The van der Waals surface area contributed by atoms with E-state index in [0.29, 0.717) is 11.2 Å². The average Bonchev–Trinajstić information content (AvgIpc) is 3.20. The Bertz CT molecular complexity index is 1130. The molecule has 0 spiro atoms. The Kier molecular flexibility index (Phi) is 11.8. The quantitative estimate of drug-likeness (QED) is 0.187. The Balaban J connectivity index is 1.87. The first kappa shape index (κ1) is 38.1. The van der Waals surface area contributed by atoms with Crippen LogP contribution < -0.4 is 0 Å². The smallest absolute Gasteiger partial charge is 0.192 e. The first-order valence-electron chi connectivity index (χ1n) is 17.4. The third-order valence-corrected chi connectivity index (χ3v) is 22.1. The molecule has 252 valence electrons. The van der Waals surface area contributed by atoms with E-state index in [9.17, 15) is 5.11 Å². The number of rotatable bonds is 10. The molecule has 3 aliphatic rings. The molecule has 3 aliphatic carbocycles. The molecule has 0 aromatic heterocycles. The van der Waals surface area contributed by atoms with E-state index in [4.69, 9.17) is 8.85 Å². The second-order valence-corrected chi connectivity index (χ2v) is 29.0. The SMILES string of the molecule is C=C1C(=CC=C2CCC[C@]3(C)C([C@H](C)SCCC(C)(C)O)=CC[C@@H]23)C[C@@H](O[Si](C)(C)C(C)(C)C)C[C@@H]1O[Si](C)(C)C(C)(C)C. The minimum absolute atomic E-state index is 0.0159. The van der Waals surface area contributed by atoms with Crippen LogP contribution in [-0.2, 0) is 8.85 Å². The van der Waals surface area contributed by atoms with E-state index in [1.807, 2.05) is 25.6 Å². The van der Waals surface area contributed by atoms with Gasteiger partial charge in [-0.05, 0) is 124 Å². The van der Waals surface area contributed by atoms with Crippen molar-refractivity contribution >= 4 is 28.4 Å². The van der Waals surface area contributed by atoms with E-state index in [-0.39, 0.29) is 27.7 Å². The third kappa shape index (κ3) is 8.95. The predicted octanol–water partition coefficient (Wildman–Crippen LogP) is 11.4. The number of fused-ring (bicyclic) bond motifs is 1. The summed E-state index contributed by atoms with van der Waals surface area (Å²) >= 11 is 2.01. The molecule has 0 aromatic carbocycles. The second-order valence-electron chi connectivity index (χ2n) is 18.1. The van der Waals surface area contributed by atoms with Crippen LogP contribution in [-0.4, -0.2) is 50.6 Å². The summed E-state index contributed by atoms with van der Waals surface area (Å²) in [5, 5.41) is 11.0. The first-order chi connectivity index (χ1) is 19.9. The zero-order valence-corrected chi connectivity index (χ0v) is 33.9. The van der Waals surface area contributed by atoms with Crippen molar-refractivity contribution in [3.63, 3.8) is 0 Å². The number of thioether (sulfide) groups is 1. The van der Waals surface area contributed by atoms with Gasteiger partial charge in [-0.2, -0.15) is 11.8 Å². The zero-order valence-electron chi connectivity index (χ0n) is 31.1. The van der Waals surface area contributed by atoms with Crippen LogP contribution in [0.3, 0.4) is 0 Å². The van der Waals surface area contributed by atoms with Gasteiger partial charge in [-0.1, -0.05) is 84.4 Å². The maximum absolute atomic E-state index is 10.2. The molecule has 0 heterocycles. The van der Waals surface area contributed by atoms with Gasteiger partial charge >= 0.3 is 0 Å². The molecular formula is C38H68O3SSi2. The van der Waals surface area contributed by atoms with Crippen molar-refractivity contribution in [3.8, 4) is 0 Å². The van der Waals surface area contributed by atoms with Gasteiger partial charge in [-0.15, -0.1) is 0 Å². The molecule has 0 aromatic rings. The Labute approximate surface area is 279 Å². The zero-order chi connectivity index (χ0) is 33.5. The van der Waals surface area contributed by atoms with Crippen LogP contribution in [0, 0.1) is 11.3 Å². The molecule has 5 atom stereocenters. The van der Waals surface area contributed by atoms with Crippen LogP contribution in [0.2, 0.25) is 36.3 Å². The van der Waals surface area contributed by atoms with Gasteiger partial charge in [0.15, 0.2) is 16.6 Å². The van der Waals surface area contributed by atoms with Gasteiger partial charge in [-0.25, -0.2) is 0 Å². The van der Waals surface area contributed by atoms with E-state index < -0.39 is 22.2 Å². The molecule has 2 saturated carbocycles. The topological polar surface area (TPSA) is 38.7 Å². The standard InChI is InChI=1S/C38H68O3SSi2/c1-27-30(25-31(40-43(12,13)35(3,4)5)26-34(27)41-44(14,15)36(6,7)8)19-18-29-17-16-22-38(11)32(20-21-33(29)38)28(2)42-24-23-37(9,10)39/h18-20,28,31,33-34,39H,1,16-17,21-26H2,2-15H3/t28-,31+,33-,34-,38+/m0/s1. The highest BCUT2D eigenvalue weighted by Gasteiger charge is 2.47. The Morgan fingerprint density at radius 1 is 1.02 bits per heavy atom. The lowest BCUT2D eigenvalue weighted by molar-refractivity contribution is 0.0777. The van der Waals surface area contributed by atoms with E-state index in [0.717, 1.165) is 31.4 Å². The molecule has 0 amide bonds. The Hall–Kier alpha value is -0.376. The monoisotopic (exact) mass is 660 g/mol. The molecule has 1 N–H and O–H groups in total. The van der Waals surface area contributed by atoms with Crippen molar-refractivity contribution in [2.75, 3.05) is 5.75 Å². The van der Waals surface area contributed by atoms with Crippen molar-refractivity contribution in [2.24, 2.45) is 11.3 Å². The minimum atomic E-state index is -1.98. The molecule has 0 bridgehead atoms. The van der Waals surface area contributed by atoms with Gasteiger partial charge in [0.05, 0.1) is 17.8 Å². The van der Waals surface area contributed by atoms with Crippen molar-refractivity contribution in [3.05, 3.63) is 47.1 Å². The highest BCUT2D eigenvalue weighted by molar-refractivity contribution is 8.00. The van der Waals surface area contributed by atoms with Crippen LogP contribution in [0.1, 0.15) is 114 Å². The second kappa shape index (κ2) is 13.6. The maximum atomic E-state index is 10.2. The molecule has 3 nitrogen and oxygen atoms in total. The summed E-state index contributed by atoms with van der Waals surface area (Å²) < 4.78 is 14.1. The Morgan fingerprint density at radius 2 is 1.61 bits per heavy atom. The van der Waals surface area contributed by atoms with E-state index in [2.05, 4.69) is 106 Å². The van der Waals surface area contributed by atoms with Crippen LogP contribution in [0.4, 0.5) is 0 Å². The molecule has 0 aliphatic heterocycles. The van der Waals surface area contributed by atoms with E-state index in [1.165, 1.54) is 30.4 Å². The van der Waals surface area contributed by atoms with Crippen LogP contribution in [0.25, 0.3) is 0 Å². The van der Waals surface area contributed by atoms with E-state index >= 15 is 0 Å². The Morgan fingerprint density at radius 3 is 2.18 bits per heavy atom. The van der Waals surface area contributed by atoms with Crippen molar-refractivity contribution in [2.45, 2.75) is 174 Å². The molecule has 0 radical (unpaired) electrons. The van der Waals surface area contributed by atoms with Crippen molar-refractivity contribution in [1.82, 2.24) is 0 Å². The molecule has 6 heteroatoms. The molecule has 0 saturated heterocycles. The number of allylic oxidation sites excluding steroid dienone is 4. The van der Waals surface area contributed by atoms with Crippen molar-refractivity contribution < 1.29 is 14.0 Å². The minimum Gasteiger partial charge on any atom is -0.413 e. The predicted molar refractivity (Wildman–Crippen MR) is 200 cm³/mol. The largest absolute Gasteiger partial charge is 0.413 e. The lowest BCUT2D eigenvalue weighted by atomic mass is 9.64. The van der Waals surface area contributed by atoms with Crippen molar-refractivity contribution in [1.29, 1.82) is 0 Å². The summed E-state index contributed by atoms with van der Waals surface area (Å²) in [4.78, 5) is 0. The first-order valence-corrected chi connectivity index (χ1v) is 24.2. The molecule has 3 rings (SSSR count). The van der Waals surface area contributed by atoms with Gasteiger partial charge < -0.3 is 14.0 Å². The summed E-state index contributed by atoms with van der Waals surface area (Å²) in [6.07, 6.45) is 15.1. The van der Waals surface area contributed by atoms with Crippen LogP contribution in [0.5, 0.6) is 0 Å². The van der Waals surface area contributed by atoms with Gasteiger partial charge in [0.1, 0.15) is 0 Å². The van der Waals surface area contributed by atoms with Gasteiger partial charge in [0.2, 0.25) is 0 Å². The molecular weight excluding hydrogens is 593 g/mol. The molecule has 0 unspecified atom stereocenters. The number of hydrogen-bond acceptors (Lipinski definition) is 4. The highest BCUT2D eigenvalue weighted by atomic mass is 32.2. The summed E-state index contributed by atoms with van der Waals surface area (Å²) in [5.74, 6) is 1.58.